The molecule has 9 heteroatoms. The predicted molar refractivity (Wildman–Crippen MR) is 109 cm³/mol. The summed E-state index contributed by atoms with van der Waals surface area (Å²) in [6, 6.07) is 12.0. The lowest BCUT2D eigenvalue weighted by Crippen LogP contribution is -2.29. The number of nitrogens with zero attached hydrogens (tertiary/aromatic N) is 2. The molecule has 0 spiro atoms. The van der Waals surface area contributed by atoms with E-state index in [2.05, 4.69) is 10.6 Å². The van der Waals surface area contributed by atoms with Gasteiger partial charge >= 0.3 is 12.1 Å². The maximum absolute atomic E-state index is 12.6. The zero-order valence-corrected chi connectivity index (χ0v) is 16.2. The molecule has 2 saturated heterocycles. The molecule has 29 heavy (non-hydrogen) atoms. The van der Waals surface area contributed by atoms with E-state index in [1.807, 2.05) is 24.3 Å². The number of anilines is 2. The van der Waals surface area contributed by atoms with Crippen molar-refractivity contribution in [2.75, 3.05) is 36.0 Å². The Kier molecular flexibility index (Phi) is 5.26. The lowest BCUT2D eigenvalue weighted by molar-refractivity contribution is 0.0951. The summed E-state index contributed by atoms with van der Waals surface area (Å²) in [7, 11) is 0. The first-order chi connectivity index (χ1) is 14.0. The fraction of sp³-hybridized carbons (Fsp3) is 0.250. The normalized spacial score (nSPS) is 16.0. The van der Waals surface area contributed by atoms with Crippen LogP contribution < -0.4 is 20.4 Å². The second kappa shape index (κ2) is 8.00. The predicted octanol–water partition coefficient (Wildman–Crippen LogP) is 2.76. The summed E-state index contributed by atoms with van der Waals surface area (Å²) in [5.41, 5.74) is 2.49. The van der Waals surface area contributed by atoms with Crippen molar-refractivity contribution >= 4 is 41.0 Å². The largest absolute Gasteiger partial charge is 0.447 e. The standard InChI is InChI=1S/C20H19ClN4O4/c21-16-5-4-14(11-17(16)25-7-6-22-19(25)27)18(26)23-12-13-2-1-3-15(10-13)24-8-9-29-20(24)28/h1-5,10-11H,6-9,12H2,(H,22,27)(H,23,26). The summed E-state index contributed by atoms with van der Waals surface area (Å²) >= 11 is 6.21. The minimum Gasteiger partial charge on any atom is -0.447 e. The Morgan fingerprint density at radius 3 is 2.72 bits per heavy atom. The molecule has 0 unspecified atom stereocenters. The second-order valence-corrected chi connectivity index (χ2v) is 7.08. The van der Waals surface area contributed by atoms with Gasteiger partial charge in [0.25, 0.3) is 5.91 Å². The zero-order chi connectivity index (χ0) is 20.4. The fourth-order valence-electron chi connectivity index (χ4n) is 3.31. The van der Waals surface area contributed by atoms with E-state index < -0.39 is 0 Å². The van der Waals surface area contributed by atoms with Crippen LogP contribution in [0.3, 0.4) is 0 Å². The molecule has 2 aliphatic rings. The third-order valence-electron chi connectivity index (χ3n) is 4.79. The molecule has 0 aromatic heterocycles. The van der Waals surface area contributed by atoms with Crippen LogP contribution in [0.25, 0.3) is 0 Å². The van der Waals surface area contributed by atoms with Gasteiger partial charge in [0.05, 0.1) is 17.3 Å². The number of carbonyl (C=O) groups excluding carboxylic acids is 3. The maximum Gasteiger partial charge on any atom is 0.414 e. The van der Waals surface area contributed by atoms with Crippen molar-refractivity contribution in [2.24, 2.45) is 0 Å². The van der Waals surface area contributed by atoms with Crippen LogP contribution in [0.15, 0.2) is 42.5 Å². The van der Waals surface area contributed by atoms with Crippen molar-refractivity contribution in [3.8, 4) is 0 Å². The highest BCUT2D eigenvalue weighted by molar-refractivity contribution is 6.34. The van der Waals surface area contributed by atoms with Gasteiger partial charge in [-0.1, -0.05) is 23.7 Å². The van der Waals surface area contributed by atoms with Gasteiger partial charge in [-0.3, -0.25) is 14.6 Å². The third kappa shape index (κ3) is 3.97. The smallest absolute Gasteiger partial charge is 0.414 e. The fourth-order valence-corrected chi connectivity index (χ4v) is 3.53. The van der Waals surface area contributed by atoms with E-state index in [-0.39, 0.29) is 24.6 Å². The molecule has 0 aliphatic carbocycles. The van der Waals surface area contributed by atoms with Crippen molar-refractivity contribution < 1.29 is 19.1 Å². The Hall–Kier alpha value is -3.26. The summed E-state index contributed by atoms with van der Waals surface area (Å²) in [6.45, 7) is 2.19. The molecule has 2 aliphatic heterocycles. The molecule has 0 saturated carbocycles. The number of carbonyl (C=O) groups is 3. The van der Waals surface area contributed by atoms with Crippen molar-refractivity contribution in [3.63, 3.8) is 0 Å². The van der Waals surface area contributed by atoms with Crippen LogP contribution in [0.4, 0.5) is 21.0 Å². The van der Waals surface area contributed by atoms with E-state index in [1.54, 1.807) is 23.1 Å². The summed E-state index contributed by atoms with van der Waals surface area (Å²) < 4.78 is 4.96. The number of hydrogen-bond donors (Lipinski definition) is 2. The minimum absolute atomic E-state index is 0.235. The molecule has 2 aromatic carbocycles. The van der Waals surface area contributed by atoms with Gasteiger partial charge in [-0.15, -0.1) is 0 Å². The molecule has 2 aromatic rings. The highest BCUT2D eigenvalue weighted by Crippen LogP contribution is 2.28. The average molecular weight is 415 g/mol. The molecule has 2 fully saturated rings. The summed E-state index contributed by atoms with van der Waals surface area (Å²) in [5.74, 6) is -0.284. The third-order valence-corrected chi connectivity index (χ3v) is 5.11. The molecule has 0 radical (unpaired) electrons. The number of urea groups is 1. The maximum atomic E-state index is 12.6. The van der Waals surface area contributed by atoms with Crippen LogP contribution in [-0.4, -0.2) is 44.3 Å². The average Bonchev–Trinajstić information content (AvgIpc) is 3.35. The van der Waals surface area contributed by atoms with E-state index in [0.717, 1.165) is 11.3 Å². The Bertz CT molecular complexity index is 981. The van der Waals surface area contributed by atoms with Crippen LogP contribution in [0.5, 0.6) is 0 Å². The van der Waals surface area contributed by atoms with Gasteiger partial charge in [-0.05, 0) is 35.9 Å². The number of rotatable bonds is 5. The first kappa shape index (κ1) is 19.1. The van der Waals surface area contributed by atoms with E-state index in [1.165, 1.54) is 4.90 Å². The topological polar surface area (TPSA) is 91.0 Å². The van der Waals surface area contributed by atoms with Crippen LogP contribution in [0, 0.1) is 0 Å². The molecular formula is C20H19ClN4O4. The molecule has 8 nitrogen and oxygen atoms in total. The Balaban J connectivity index is 1.45. The number of nitrogens with one attached hydrogen (secondary N) is 2. The van der Waals surface area contributed by atoms with Gasteiger partial charge in [0.1, 0.15) is 6.61 Å². The zero-order valence-electron chi connectivity index (χ0n) is 15.5. The van der Waals surface area contributed by atoms with Crippen LogP contribution in [0.2, 0.25) is 5.02 Å². The van der Waals surface area contributed by atoms with Crippen molar-refractivity contribution in [1.82, 2.24) is 10.6 Å². The van der Waals surface area contributed by atoms with Gasteiger partial charge < -0.3 is 15.4 Å². The summed E-state index contributed by atoms with van der Waals surface area (Å²) in [6.07, 6.45) is -0.370. The summed E-state index contributed by atoms with van der Waals surface area (Å²) in [5, 5.41) is 5.98. The molecule has 0 atom stereocenters. The molecule has 0 bridgehead atoms. The quantitative estimate of drug-likeness (QED) is 0.787. The SMILES string of the molecule is O=C(NCc1cccc(N2CCOC2=O)c1)c1ccc(Cl)c(N2CCNC2=O)c1. The molecular weight excluding hydrogens is 396 g/mol. The van der Waals surface area contributed by atoms with Gasteiger partial charge in [0.2, 0.25) is 0 Å². The number of amides is 4. The van der Waals surface area contributed by atoms with E-state index in [0.29, 0.717) is 42.5 Å². The van der Waals surface area contributed by atoms with Crippen LogP contribution >= 0.6 is 11.6 Å². The van der Waals surface area contributed by atoms with E-state index in [4.69, 9.17) is 16.3 Å². The first-order valence-corrected chi connectivity index (χ1v) is 9.57. The Morgan fingerprint density at radius 2 is 2.00 bits per heavy atom. The van der Waals surface area contributed by atoms with E-state index >= 15 is 0 Å². The lowest BCUT2D eigenvalue weighted by Gasteiger charge is -2.17. The highest BCUT2D eigenvalue weighted by Gasteiger charge is 2.25. The molecule has 2 heterocycles. The number of cyclic esters (lactones) is 1. The van der Waals surface area contributed by atoms with Crippen molar-refractivity contribution in [3.05, 3.63) is 58.6 Å². The van der Waals surface area contributed by atoms with Gasteiger partial charge in [-0.25, -0.2) is 9.59 Å². The second-order valence-electron chi connectivity index (χ2n) is 6.67. The number of hydrogen-bond acceptors (Lipinski definition) is 4. The van der Waals surface area contributed by atoms with Crippen molar-refractivity contribution in [2.45, 2.75) is 6.54 Å². The van der Waals surface area contributed by atoms with Gasteiger partial charge in [0, 0.05) is 30.9 Å². The lowest BCUT2D eigenvalue weighted by atomic mass is 10.1. The van der Waals surface area contributed by atoms with Crippen molar-refractivity contribution in [1.29, 1.82) is 0 Å². The van der Waals surface area contributed by atoms with Crippen LogP contribution in [-0.2, 0) is 11.3 Å². The summed E-state index contributed by atoms with van der Waals surface area (Å²) in [4.78, 5) is 39.3. The first-order valence-electron chi connectivity index (χ1n) is 9.19. The highest BCUT2D eigenvalue weighted by atomic mass is 35.5. The Morgan fingerprint density at radius 1 is 1.14 bits per heavy atom. The number of ether oxygens (including phenoxy) is 1. The number of benzene rings is 2. The molecule has 150 valence electrons. The minimum atomic E-state index is -0.370. The van der Waals surface area contributed by atoms with Gasteiger partial charge in [0.15, 0.2) is 0 Å². The van der Waals surface area contributed by atoms with Gasteiger partial charge in [-0.2, -0.15) is 0 Å². The van der Waals surface area contributed by atoms with E-state index in [9.17, 15) is 14.4 Å². The molecule has 2 N–H and O–H groups in total. The van der Waals surface area contributed by atoms with Crippen LogP contribution in [0.1, 0.15) is 15.9 Å². The molecule has 4 amide bonds. The molecule has 4 rings (SSSR count). The monoisotopic (exact) mass is 414 g/mol. The Labute approximate surface area is 172 Å². The number of halogens is 1.